The summed E-state index contributed by atoms with van der Waals surface area (Å²) in [6.45, 7) is 2.36. The van der Waals surface area contributed by atoms with Crippen molar-refractivity contribution >= 4 is 5.91 Å². The fraction of sp³-hybridized carbons (Fsp3) is 0.400. The lowest BCUT2D eigenvalue weighted by Gasteiger charge is -2.17. The van der Waals surface area contributed by atoms with E-state index in [0.29, 0.717) is 12.1 Å². The molecule has 1 aromatic carbocycles. The van der Waals surface area contributed by atoms with Crippen molar-refractivity contribution in [3.05, 3.63) is 35.1 Å². The van der Waals surface area contributed by atoms with Crippen LogP contribution in [0.1, 0.15) is 35.7 Å². The fourth-order valence-electron chi connectivity index (χ4n) is 1.61. The van der Waals surface area contributed by atoms with Gasteiger partial charge in [-0.15, -0.1) is 0 Å². The minimum Gasteiger partial charge on any atom is -0.384 e. The second kappa shape index (κ2) is 7.55. The molecule has 4 heteroatoms. The number of nitrogens with zero attached hydrogens (tertiary/aromatic N) is 1. The van der Waals surface area contributed by atoms with Crippen LogP contribution in [0.5, 0.6) is 0 Å². The number of carbonyl (C=O) groups excluding carboxylic acids is 1. The van der Waals surface area contributed by atoms with Gasteiger partial charge >= 0.3 is 0 Å². The van der Waals surface area contributed by atoms with Crippen molar-refractivity contribution in [2.75, 3.05) is 20.2 Å². The average Bonchev–Trinajstić information content (AvgIpc) is 2.43. The van der Waals surface area contributed by atoms with Gasteiger partial charge < -0.3 is 10.0 Å². The van der Waals surface area contributed by atoms with Gasteiger partial charge in [0.2, 0.25) is 0 Å². The van der Waals surface area contributed by atoms with E-state index in [9.17, 15) is 9.18 Å². The molecule has 1 N–H and O–H groups in total. The molecule has 0 aliphatic heterocycles. The first-order valence-corrected chi connectivity index (χ1v) is 6.25. The Kier molecular flexibility index (Phi) is 6.04. The number of unbranched alkanes of at least 4 members (excludes halogenated alkanes) is 1. The summed E-state index contributed by atoms with van der Waals surface area (Å²) < 4.78 is 13.7. The Labute approximate surface area is 113 Å². The van der Waals surface area contributed by atoms with Crippen molar-refractivity contribution < 1.29 is 14.3 Å². The maximum Gasteiger partial charge on any atom is 0.256 e. The van der Waals surface area contributed by atoms with Gasteiger partial charge in [-0.3, -0.25) is 4.79 Å². The molecule has 19 heavy (non-hydrogen) atoms. The van der Waals surface area contributed by atoms with Gasteiger partial charge in [-0.1, -0.05) is 25.2 Å². The molecule has 0 heterocycles. The molecule has 0 aliphatic rings. The lowest BCUT2D eigenvalue weighted by molar-refractivity contribution is 0.0788. The highest BCUT2D eigenvalue weighted by atomic mass is 19.1. The van der Waals surface area contributed by atoms with E-state index in [2.05, 4.69) is 11.8 Å². The molecule has 0 saturated heterocycles. The average molecular weight is 263 g/mol. The number of rotatable bonds is 4. The molecule has 0 fully saturated rings. The van der Waals surface area contributed by atoms with Gasteiger partial charge in [0.1, 0.15) is 12.4 Å². The maximum atomic E-state index is 13.7. The summed E-state index contributed by atoms with van der Waals surface area (Å²) in [6, 6.07) is 4.13. The van der Waals surface area contributed by atoms with Crippen LogP contribution in [-0.2, 0) is 0 Å². The van der Waals surface area contributed by atoms with Gasteiger partial charge in [0.05, 0.1) is 5.56 Å². The van der Waals surface area contributed by atoms with E-state index >= 15 is 0 Å². The third kappa shape index (κ3) is 4.38. The van der Waals surface area contributed by atoms with E-state index in [4.69, 9.17) is 5.11 Å². The minimum atomic E-state index is -0.553. The molecule has 0 atom stereocenters. The quantitative estimate of drug-likeness (QED) is 0.845. The normalized spacial score (nSPS) is 9.68. The van der Waals surface area contributed by atoms with Crippen molar-refractivity contribution in [3.63, 3.8) is 0 Å². The highest BCUT2D eigenvalue weighted by Gasteiger charge is 2.16. The van der Waals surface area contributed by atoms with Crippen LogP contribution in [0.15, 0.2) is 18.2 Å². The van der Waals surface area contributed by atoms with Crippen molar-refractivity contribution in [2.45, 2.75) is 19.8 Å². The van der Waals surface area contributed by atoms with Gasteiger partial charge in [0, 0.05) is 19.2 Å². The van der Waals surface area contributed by atoms with Crippen LogP contribution < -0.4 is 0 Å². The molecular weight excluding hydrogens is 245 g/mol. The van der Waals surface area contributed by atoms with E-state index in [1.54, 1.807) is 7.05 Å². The first kappa shape index (κ1) is 15.2. The van der Waals surface area contributed by atoms with Crippen LogP contribution in [-0.4, -0.2) is 36.1 Å². The number of hydrogen-bond donors (Lipinski definition) is 1. The Balaban J connectivity index is 2.95. The highest BCUT2D eigenvalue weighted by Crippen LogP contribution is 2.12. The Bertz CT molecular complexity index is 503. The van der Waals surface area contributed by atoms with Crippen molar-refractivity contribution in [3.8, 4) is 11.8 Å². The fourth-order valence-corrected chi connectivity index (χ4v) is 1.61. The molecule has 3 nitrogen and oxygen atoms in total. The Morgan fingerprint density at radius 1 is 1.47 bits per heavy atom. The summed E-state index contributed by atoms with van der Waals surface area (Å²) >= 11 is 0. The van der Waals surface area contributed by atoms with Crippen LogP contribution in [0.25, 0.3) is 0 Å². The monoisotopic (exact) mass is 263 g/mol. The summed E-state index contributed by atoms with van der Waals surface area (Å²) in [7, 11) is 1.66. The first-order valence-electron chi connectivity index (χ1n) is 6.25. The molecule has 102 valence electrons. The van der Waals surface area contributed by atoms with Gasteiger partial charge in [-0.05, 0) is 24.6 Å². The van der Waals surface area contributed by atoms with Gasteiger partial charge in [-0.2, -0.15) is 0 Å². The second-order valence-electron chi connectivity index (χ2n) is 4.23. The summed E-state index contributed by atoms with van der Waals surface area (Å²) in [6.07, 6.45) is 1.86. The standard InChI is InChI=1S/C15H18FNO2/c1-3-4-9-17(2)15(19)13-11-12(6-5-10-18)7-8-14(13)16/h7-8,11,18H,3-4,9-10H2,1-2H3. The summed E-state index contributed by atoms with van der Waals surface area (Å²) in [5.74, 6) is 4.23. The zero-order valence-corrected chi connectivity index (χ0v) is 11.2. The number of aliphatic hydroxyl groups is 1. The Morgan fingerprint density at radius 2 is 2.21 bits per heavy atom. The van der Waals surface area contributed by atoms with E-state index in [0.717, 1.165) is 12.8 Å². The van der Waals surface area contributed by atoms with Crippen LogP contribution in [0.3, 0.4) is 0 Å². The van der Waals surface area contributed by atoms with E-state index in [1.165, 1.54) is 23.1 Å². The zero-order chi connectivity index (χ0) is 14.3. The van der Waals surface area contributed by atoms with Crippen LogP contribution in [0.4, 0.5) is 4.39 Å². The Hall–Kier alpha value is -1.86. The molecular formula is C15H18FNO2. The van der Waals surface area contributed by atoms with Crippen molar-refractivity contribution in [2.24, 2.45) is 0 Å². The van der Waals surface area contributed by atoms with Crippen molar-refractivity contribution in [1.82, 2.24) is 4.90 Å². The third-order valence-corrected chi connectivity index (χ3v) is 2.70. The molecule has 1 rings (SSSR count). The predicted octanol–water partition coefficient (Wildman–Crippen LogP) is 2.04. The van der Waals surface area contributed by atoms with E-state index in [-0.39, 0.29) is 18.1 Å². The third-order valence-electron chi connectivity index (χ3n) is 2.70. The molecule has 0 radical (unpaired) electrons. The molecule has 0 aliphatic carbocycles. The van der Waals surface area contributed by atoms with Gasteiger partial charge in [0.25, 0.3) is 5.91 Å². The molecule has 0 unspecified atom stereocenters. The number of benzene rings is 1. The predicted molar refractivity (Wildman–Crippen MR) is 72.2 cm³/mol. The number of hydrogen-bond acceptors (Lipinski definition) is 2. The van der Waals surface area contributed by atoms with E-state index < -0.39 is 5.82 Å². The van der Waals surface area contributed by atoms with Crippen LogP contribution in [0.2, 0.25) is 0 Å². The maximum absolute atomic E-state index is 13.7. The number of aliphatic hydroxyl groups excluding tert-OH is 1. The van der Waals surface area contributed by atoms with Gasteiger partial charge in [0.15, 0.2) is 0 Å². The van der Waals surface area contributed by atoms with Gasteiger partial charge in [-0.25, -0.2) is 4.39 Å². The molecule has 0 spiro atoms. The molecule has 0 bridgehead atoms. The second-order valence-corrected chi connectivity index (χ2v) is 4.23. The molecule has 0 saturated carbocycles. The number of amides is 1. The number of carbonyl (C=O) groups is 1. The van der Waals surface area contributed by atoms with E-state index in [1.807, 2.05) is 6.92 Å². The highest BCUT2D eigenvalue weighted by molar-refractivity contribution is 5.94. The number of halogens is 1. The minimum absolute atomic E-state index is 0.0170. The zero-order valence-electron chi connectivity index (χ0n) is 11.2. The Morgan fingerprint density at radius 3 is 2.84 bits per heavy atom. The summed E-state index contributed by atoms with van der Waals surface area (Å²) in [5, 5.41) is 8.62. The molecule has 0 aromatic heterocycles. The topological polar surface area (TPSA) is 40.5 Å². The van der Waals surface area contributed by atoms with Crippen molar-refractivity contribution in [1.29, 1.82) is 0 Å². The smallest absolute Gasteiger partial charge is 0.256 e. The lowest BCUT2D eigenvalue weighted by Crippen LogP contribution is -2.28. The SMILES string of the molecule is CCCCN(C)C(=O)c1cc(C#CCO)ccc1F. The summed E-state index contributed by atoms with van der Waals surface area (Å²) in [5.41, 5.74) is 0.533. The summed E-state index contributed by atoms with van der Waals surface area (Å²) in [4.78, 5) is 13.6. The van der Waals surface area contributed by atoms with Crippen LogP contribution >= 0.6 is 0 Å². The van der Waals surface area contributed by atoms with Crippen LogP contribution in [0, 0.1) is 17.7 Å². The molecule has 1 aromatic rings. The molecule has 1 amide bonds. The lowest BCUT2D eigenvalue weighted by atomic mass is 10.1. The first-order chi connectivity index (χ1) is 9.10. The largest absolute Gasteiger partial charge is 0.384 e.